The average molecular weight is 410 g/mol. The molecule has 7 heteroatoms. The molecule has 5 aliphatic rings. The third-order valence-corrected chi connectivity index (χ3v) is 8.55. The number of hydroxylamine groups is 3. The molecule has 154 valence electrons. The summed E-state index contributed by atoms with van der Waals surface area (Å²) < 4.78 is 5.78. The number of piperidine rings is 1. The minimum atomic E-state index is -1.19. The first kappa shape index (κ1) is 18.9. The van der Waals surface area contributed by atoms with Crippen molar-refractivity contribution in [3.05, 3.63) is 28.5 Å². The molecule has 6 atom stereocenters. The summed E-state index contributed by atoms with van der Waals surface area (Å²) in [5.41, 5.74) is -0.101. The van der Waals surface area contributed by atoms with Gasteiger partial charge in [0.05, 0.1) is 24.6 Å². The number of aliphatic hydroxyl groups is 2. The molecule has 0 amide bonds. The van der Waals surface area contributed by atoms with E-state index in [1.807, 2.05) is 6.07 Å². The third-order valence-electron chi connectivity index (χ3n) is 8.55. The quantitative estimate of drug-likeness (QED) is 0.514. The van der Waals surface area contributed by atoms with Gasteiger partial charge in [-0.3, -0.25) is 0 Å². The van der Waals surface area contributed by atoms with E-state index in [1.165, 1.54) is 6.42 Å². The maximum Gasteiger partial charge on any atom is 0.165 e. The molecule has 2 saturated carbocycles. The van der Waals surface area contributed by atoms with Crippen molar-refractivity contribution in [2.45, 2.75) is 74.2 Å². The number of aromatic hydroxyl groups is 1. The molecule has 28 heavy (non-hydrogen) atoms. The number of hydrogen-bond acceptors (Lipinski definition) is 5. The monoisotopic (exact) mass is 409 g/mol. The smallest absolute Gasteiger partial charge is 0.165 e. The zero-order valence-electron chi connectivity index (χ0n) is 15.8. The number of benzene rings is 1. The van der Waals surface area contributed by atoms with E-state index in [9.17, 15) is 20.5 Å². The number of halogens is 1. The lowest BCUT2D eigenvalue weighted by molar-refractivity contribution is -0.926. The van der Waals surface area contributed by atoms with E-state index in [4.69, 9.17) is 4.74 Å². The Bertz CT molecular complexity index is 831. The van der Waals surface area contributed by atoms with Gasteiger partial charge in [0.1, 0.15) is 17.7 Å². The minimum Gasteiger partial charge on any atom is -0.632 e. The molecule has 3 fully saturated rings. The second-order valence-electron chi connectivity index (χ2n) is 9.61. The van der Waals surface area contributed by atoms with Gasteiger partial charge in [-0.2, -0.15) is 0 Å². The van der Waals surface area contributed by atoms with Gasteiger partial charge in [0.2, 0.25) is 0 Å². The largest absolute Gasteiger partial charge is 0.632 e. The normalized spacial score (nSPS) is 45.5. The van der Waals surface area contributed by atoms with E-state index in [0.29, 0.717) is 50.4 Å². The minimum absolute atomic E-state index is 0. The van der Waals surface area contributed by atoms with Gasteiger partial charge in [-0.05, 0) is 37.3 Å². The number of phenolic OH excluding ortho intramolecular Hbond substituents is 1. The number of likely N-dealkylation sites (tertiary alicyclic amines) is 1. The van der Waals surface area contributed by atoms with Gasteiger partial charge >= 0.3 is 0 Å². The topological polar surface area (TPSA) is 93.0 Å². The highest BCUT2D eigenvalue weighted by Crippen LogP contribution is 2.66. The van der Waals surface area contributed by atoms with Crippen molar-refractivity contribution in [2.24, 2.45) is 5.92 Å². The lowest BCUT2D eigenvalue weighted by atomic mass is 9.48. The molecule has 2 bridgehead atoms. The Kier molecular flexibility index (Phi) is 3.90. The van der Waals surface area contributed by atoms with Gasteiger partial charge < -0.3 is 29.9 Å². The summed E-state index contributed by atoms with van der Waals surface area (Å²) in [6.45, 7) is 1.04. The van der Waals surface area contributed by atoms with Crippen LogP contribution in [0.15, 0.2) is 12.1 Å². The molecular formula is C21H28ClNO5. The van der Waals surface area contributed by atoms with Crippen LogP contribution < -0.4 is 4.74 Å². The van der Waals surface area contributed by atoms with Gasteiger partial charge in [0.25, 0.3) is 0 Å². The fourth-order valence-corrected chi connectivity index (χ4v) is 7.11. The van der Waals surface area contributed by atoms with Gasteiger partial charge in [0, 0.05) is 24.3 Å². The van der Waals surface area contributed by atoms with Crippen LogP contribution in [0.4, 0.5) is 0 Å². The Hall–Kier alpha value is -1.05. The fourth-order valence-electron chi connectivity index (χ4n) is 7.11. The average Bonchev–Trinajstić information content (AvgIpc) is 2.97. The predicted octanol–water partition coefficient (Wildman–Crippen LogP) is 2.14. The third kappa shape index (κ3) is 1.98. The van der Waals surface area contributed by atoms with Crippen LogP contribution in [0.5, 0.6) is 11.5 Å². The van der Waals surface area contributed by atoms with Crippen molar-refractivity contribution in [2.75, 3.05) is 13.1 Å². The number of phenols is 1. The first-order valence-corrected chi connectivity index (χ1v) is 10.4. The number of hydrogen-bond donors (Lipinski definition) is 3. The number of aliphatic hydroxyl groups excluding tert-OH is 1. The molecule has 3 N–H and O–H groups in total. The van der Waals surface area contributed by atoms with E-state index < -0.39 is 29.3 Å². The van der Waals surface area contributed by atoms with E-state index in [0.717, 1.165) is 24.0 Å². The summed E-state index contributed by atoms with van der Waals surface area (Å²) in [6.07, 6.45) is 4.03. The van der Waals surface area contributed by atoms with Crippen molar-refractivity contribution in [3.63, 3.8) is 0 Å². The summed E-state index contributed by atoms with van der Waals surface area (Å²) in [4.78, 5) is 0. The van der Waals surface area contributed by atoms with Crippen molar-refractivity contribution >= 4 is 12.4 Å². The molecular weight excluding hydrogens is 382 g/mol. The Morgan fingerprint density at radius 3 is 2.71 bits per heavy atom. The summed E-state index contributed by atoms with van der Waals surface area (Å²) in [7, 11) is 0. The molecule has 6 nitrogen and oxygen atoms in total. The second-order valence-corrected chi connectivity index (χ2v) is 9.61. The van der Waals surface area contributed by atoms with E-state index in [-0.39, 0.29) is 22.8 Å². The molecule has 6 rings (SSSR count). The molecule has 1 spiro atoms. The SMILES string of the molecule is Cl.[O-][N+]1(CC2CCC2)CC[C@]23c4c5ccc(O)c4O[C@H]2[C@@H](O)CC[C@@]3(O)[C@H]1C5. The van der Waals surface area contributed by atoms with Crippen molar-refractivity contribution in [1.29, 1.82) is 0 Å². The molecule has 1 aromatic rings. The number of rotatable bonds is 2. The summed E-state index contributed by atoms with van der Waals surface area (Å²) in [5, 5.41) is 47.2. The maximum atomic E-state index is 14.0. The van der Waals surface area contributed by atoms with Crippen LogP contribution in [-0.4, -0.2) is 56.9 Å². The number of nitrogens with zero attached hydrogens (tertiary/aromatic N) is 1. The lowest BCUT2D eigenvalue weighted by Crippen LogP contribution is -2.81. The predicted molar refractivity (Wildman–Crippen MR) is 104 cm³/mol. The first-order valence-electron chi connectivity index (χ1n) is 10.4. The molecule has 2 heterocycles. The van der Waals surface area contributed by atoms with Crippen LogP contribution in [0.3, 0.4) is 0 Å². The zero-order valence-corrected chi connectivity index (χ0v) is 16.7. The number of ether oxygens (including phenoxy) is 1. The molecule has 2 aliphatic heterocycles. The van der Waals surface area contributed by atoms with Crippen molar-refractivity contribution in [1.82, 2.24) is 0 Å². The Labute approximate surface area is 170 Å². The van der Waals surface area contributed by atoms with Crippen LogP contribution in [-0.2, 0) is 11.8 Å². The lowest BCUT2D eigenvalue weighted by Gasteiger charge is -2.68. The zero-order chi connectivity index (χ0) is 18.6. The van der Waals surface area contributed by atoms with E-state index in [2.05, 4.69) is 0 Å². The van der Waals surface area contributed by atoms with Crippen molar-refractivity contribution < 1.29 is 24.7 Å². The second kappa shape index (κ2) is 5.76. The molecule has 1 aromatic carbocycles. The Balaban J connectivity index is 0.00000171. The first-order chi connectivity index (χ1) is 12.9. The van der Waals surface area contributed by atoms with Gasteiger partial charge in [0.15, 0.2) is 11.5 Å². The molecule has 1 saturated heterocycles. The van der Waals surface area contributed by atoms with Gasteiger partial charge in [-0.1, -0.05) is 12.5 Å². The summed E-state index contributed by atoms with van der Waals surface area (Å²) in [5.74, 6) is 0.954. The molecule has 0 radical (unpaired) electrons. The van der Waals surface area contributed by atoms with Crippen LogP contribution in [0, 0.1) is 11.1 Å². The van der Waals surface area contributed by atoms with Crippen LogP contribution >= 0.6 is 12.4 Å². The van der Waals surface area contributed by atoms with Crippen LogP contribution in [0.25, 0.3) is 0 Å². The number of quaternary nitrogens is 1. The Morgan fingerprint density at radius 2 is 2.00 bits per heavy atom. The molecule has 1 unspecified atom stereocenters. The van der Waals surface area contributed by atoms with Gasteiger partial charge in [-0.15, -0.1) is 12.4 Å². The van der Waals surface area contributed by atoms with Crippen LogP contribution in [0.1, 0.15) is 49.7 Å². The maximum absolute atomic E-state index is 14.0. The van der Waals surface area contributed by atoms with Crippen molar-refractivity contribution in [3.8, 4) is 11.5 Å². The van der Waals surface area contributed by atoms with E-state index in [1.54, 1.807) is 6.07 Å². The fraction of sp³-hybridized carbons (Fsp3) is 0.714. The summed E-state index contributed by atoms with van der Waals surface area (Å²) >= 11 is 0. The summed E-state index contributed by atoms with van der Waals surface area (Å²) in [6, 6.07) is 3.09. The highest BCUT2D eigenvalue weighted by Gasteiger charge is 2.75. The Morgan fingerprint density at radius 1 is 1.21 bits per heavy atom. The molecule has 3 aliphatic carbocycles. The van der Waals surface area contributed by atoms with Crippen LogP contribution in [0.2, 0.25) is 0 Å². The van der Waals surface area contributed by atoms with E-state index >= 15 is 0 Å². The highest BCUT2D eigenvalue weighted by molar-refractivity contribution is 5.85. The van der Waals surface area contributed by atoms with Gasteiger partial charge in [-0.25, -0.2) is 0 Å². The highest BCUT2D eigenvalue weighted by atomic mass is 35.5. The molecule has 0 aromatic heterocycles. The standard InChI is InChI=1S/C21H27NO5.ClH/c23-14-5-4-13-10-16-21(25)7-6-15(24)19-20(21,17(13)18(14)27-19)8-9-22(16,26)11-12-2-1-3-12;/h4-5,12,15-16,19,23-25H,1-3,6-11H2;1H/t15-,16+,19-,20-,21+,22?;/m0./s1.